The molecule has 0 saturated heterocycles. The fourth-order valence-electron chi connectivity index (χ4n) is 2.86. The molecule has 0 atom stereocenters. The lowest BCUT2D eigenvalue weighted by atomic mass is 10.2. The quantitative estimate of drug-likeness (QED) is 0.330. The van der Waals surface area contributed by atoms with Crippen molar-refractivity contribution in [3.63, 3.8) is 0 Å². The van der Waals surface area contributed by atoms with E-state index in [1.165, 1.54) is 11.3 Å². The van der Waals surface area contributed by atoms with E-state index in [-0.39, 0.29) is 24.8 Å². The Hall–Kier alpha value is -3.92. The van der Waals surface area contributed by atoms with Gasteiger partial charge in [0.2, 0.25) is 5.82 Å². The Kier molecular flexibility index (Phi) is 6.84. The summed E-state index contributed by atoms with van der Waals surface area (Å²) < 4.78 is 26.6. The Labute approximate surface area is 193 Å². The fourth-order valence-corrected chi connectivity index (χ4v) is 3.53. The maximum absolute atomic E-state index is 12.3. The first-order valence-electron chi connectivity index (χ1n) is 9.91. The molecular weight excluding hydrogens is 446 g/mol. The van der Waals surface area contributed by atoms with Crippen LogP contribution < -0.4 is 14.2 Å². The molecule has 33 heavy (non-hydrogen) atoms. The maximum atomic E-state index is 12.3. The molecule has 0 aliphatic carbocycles. The third-order valence-electron chi connectivity index (χ3n) is 4.58. The topological polar surface area (TPSA) is 106 Å². The van der Waals surface area contributed by atoms with Gasteiger partial charge in [-0.15, -0.1) is 11.3 Å². The number of hydrogen-bond acceptors (Lipinski definition) is 10. The lowest BCUT2D eigenvalue weighted by Gasteiger charge is -2.07. The van der Waals surface area contributed by atoms with Crippen LogP contribution in [0.25, 0.3) is 11.4 Å². The van der Waals surface area contributed by atoms with Crippen LogP contribution in [0.4, 0.5) is 0 Å². The number of thiazole rings is 1. The van der Waals surface area contributed by atoms with Gasteiger partial charge in [-0.05, 0) is 37.3 Å². The van der Waals surface area contributed by atoms with Crippen molar-refractivity contribution in [1.82, 2.24) is 15.1 Å². The summed E-state index contributed by atoms with van der Waals surface area (Å²) in [5, 5.41) is 6.21. The number of aryl methyl sites for hydroxylation is 1. The molecule has 0 saturated carbocycles. The van der Waals surface area contributed by atoms with Gasteiger partial charge in [-0.25, -0.2) is 9.78 Å². The average Bonchev–Trinajstić information content (AvgIpc) is 3.52. The summed E-state index contributed by atoms with van der Waals surface area (Å²) in [5.74, 6) is 1.78. The van der Waals surface area contributed by atoms with Gasteiger partial charge in [-0.2, -0.15) is 4.98 Å². The van der Waals surface area contributed by atoms with Crippen LogP contribution >= 0.6 is 11.3 Å². The first kappa shape index (κ1) is 22.3. The number of nitrogens with zero attached hydrogens (tertiary/aromatic N) is 3. The Morgan fingerprint density at radius 2 is 1.79 bits per heavy atom. The minimum atomic E-state index is -0.585. The number of carbonyl (C=O) groups is 1. The first-order chi connectivity index (χ1) is 16.1. The van der Waals surface area contributed by atoms with Crippen LogP contribution in [0.5, 0.6) is 17.2 Å². The van der Waals surface area contributed by atoms with Gasteiger partial charge in [0.1, 0.15) is 17.4 Å². The van der Waals surface area contributed by atoms with Gasteiger partial charge in [0, 0.05) is 10.9 Å². The fraction of sp³-hybridized carbons (Fsp3) is 0.217. The molecule has 0 aliphatic rings. The number of ether oxygens (including phenoxy) is 4. The highest BCUT2D eigenvalue weighted by atomic mass is 32.1. The Morgan fingerprint density at radius 1 is 1.00 bits per heavy atom. The molecule has 0 spiro atoms. The van der Waals surface area contributed by atoms with Gasteiger partial charge in [0.05, 0.1) is 14.2 Å². The van der Waals surface area contributed by atoms with E-state index in [1.807, 2.05) is 31.2 Å². The molecule has 0 fully saturated rings. The van der Waals surface area contributed by atoms with Gasteiger partial charge in [-0.1, -0.05) is 22.9 Å². The zero-order chi connectivity index (χ0) is 23.2. The number of aromatic nitrogens is 3. The highest BCUT2D eigenvalue weighted by molar-refractivity contribution is 7.09. The van der Waals surface area contributed by atoms with E-state index in [1.54, 1.807) is 37.8 Å². The van der Waals surface area contributed by atoms with Crippen LogP contribution in [0.15, 0.2) is 52.4 Å². The predicted octanol–water partition coefficient (Wildman–Crippen LogP) is 4.45. The van der Waals surface area contributed by atoms with Crippen molar-refractivity contribution in [2.75, 3.05) is 14.2 Å². The third-order valence-corrected chi connectivity index (χ3v) is 5.40. The van der Waals surface area contributed by atoms with Crippen molar-refractivity contribution in [3.8, 4) is 28.6 Å². The molecule has 0 unspecified atom stereocenters. The first-order valence-corrected chi connectivity index (χ1v) is 10.8. The Morgan fingerprint density at radius 3 is 2.55 bits per heavy atom. The van der Waals surface area contributed by atoms with Gasteiger partial charge < -0.3 is 23.5 Å². The molecule has 0 amide bonds. The van der Waals surface area contributed by atoms with E-state index in [0.29, 0.717) is 27.9 Å². The van der Waals surface area contributed by atoms with Crippen LogP contribution in [-0.4, -0.2) is 35.3 Å². The summed E-state index contributed by atoms with van der Waals surface area (Å²) in [4.78, 5) is 20.9. The lowest BCUT2D eigenvalue weighted by molar-refractivity contribution is 0.0423. The molecule has 170 valence electrons. The normalized spacial score (nSPS) is 10.6. The largest absolute Gasteiger partial charge is 0.493 e. The van der Waals surface area contributed by atoms with Crippen LogP contribution in [0, 0.1) is 6.92 Å². The summed E-state index contributed by atoms with van der Waals surface area (Å²) in [5.41, 5.74) is 2.02. The van der Waals surface area contributed by atoms with Gasteiger partial charge in [-0.3, -0.25) is 0 Å². The molecule has 2 aromatic carbocycles. The zero-order valence-corrected chi connectivity index (χ0v) is 19.0. The number of rotatable bonds is 9. The van der Waals surface area contributed by atoms with Crippen LogP contribution in [0.2, 0.25) is 0 Å². The van der Waals surface area contributed by atoms with E-state index in [2.05, 4.69) is 15.1 Å². The average molecular weight is 468 g/mol. The van der Waals surface area contributed by atoms with E-state index in [4.69, 9.17) is 23.5 Å². The highest BCUT2D eigenvalue weighted by Crippen LogP contribution is 2.31. The van der Waals surface area contributed by atoms with Crippen LogP contribution in [0.1, 0.15) is 27.0 Å². The summed E-state index contributed by atoms with van der Waals surface area (Å²) in [6.07, 6.45) is 0. The summed E-state index contributed by atoms with van der Waals surface area (Å²) in [6, 6.07) is 13.0. The minimum Gasteiger partial charge on any atom is -0.493 e. The number of hydrogen-bond donors (Lipinski definition) is 0. The van der Waals surface area contributed by atoms with Crippen molar-refractivity contribution in [1.29, 1.82) is 0 Å². The molecular formula is C23H21N3O6S. The van der Waals surface area contributed by atoms with E-state index in [0.717, 1.165) is 11.3 Å². The van der Waals surface area contributed by atoms with Crippen molar-refractivity contribution in [2.45, 2.75) is 20.1 Å². The van der Waals surface area contributed by atoms with Crippen molar-refractivity contribution >= 4 is 17.3 Å². The van der Waals surface area contributed by atoms with Crippen molar-refractivity contribution < 1.29 is 28.3 Å². The molecule has 0 N–H and O–H groups in total. The minimum absolute atomic E-state index is 0.159. The van der Waals surface area contributed by atoms with Crippen LogP contribution in [-0.2, 0) is 18.0 Å². The second-order valence-electron chi connectivity index (χ2n) is 6.89. The number of esters is 1. The SMILES string of the molecule is COc1ccc(-c2noc(COC(=O)c3csc(COc4ccc(C)cc4)n3)n2)cc1OC. The van der Waals surface area contributed by atoms with E-state index < -0.39 is 5.97 Å². The molecule has 4 rings (SSSR count). The Bertz CT molecular complexity index is 1240. The number of benzene rings is 2. The van der Waals surface area contributed by atoms with Gasteiger partial charge in [0.15, 0.2) is 23.8 Å². The lowest BCUT2D eigenvalue weighted by Crippen LogP contribution is -2.06. The van der Waals surface area contributed by atoms with Gasteiger partial charge in [0.25, 0.3) is 5.89 Å². The molecule has 0 aliphatic heterocycles. The second-order valence-corrected chi connectivity index (χ2v) is 7.83. The monoisotopic (exact) mass is 467 g/mol. The predicted molar refractivity (Wildman–Crippen MR) is 120 cm³/mol. The van der Waals surface area contributed by atoms with Crippen LogP contribution in [0.3, 0.4) is 0 Å². The zero-order valence-electron chi connectivity index (χ0n) is 18.2. The maximum Gasteiger partial charge on any atom is 0.358 e. The van der Waals surface area contributed by atoms with E-state index in [9.17, 15) is 4.79 Å². The molecule has 0 bridgehead atoms. The standard InChI is InChI=1S/C23H21N3O6S/c1-14-4-7-16(8-5-14)30-12-21-24-17(13-33-21)23(27)31-11-20-25-22(26-32-20)15-6-9-18(28-2)19(10-15)29-3/h4-10,13H,11-12H2,1-3H3. The smallest absolute Gasteiger partial charge is 0.358 e. The van der Waals surface area contributed by atoms with Crippen molar-refractivity contribution in [2.24, 2.45) is 0 Å². The number of methoxy groups -OCH3 is 2. The van der Waals surface area contributed by atoms with Gasteiger partial charge >= 0.3 is 5.97 Å². The second kappa shape index (κ2) is 10.1. The molecule has 0 radical (unpaired) electrons. The number of carbonyl (C=O) groups excluding carboxylic acids is 1. The summed E-state index contributed by atoms with van der Waals surface area (Å²) >= 11 is 1.32. The molecule has 10 heteroatoms. The summed E-state index contributed by atoms with van der Waals surface area (Å²) in [7, 11) is 3.10. The molecule has 2 aromatic heterocycles. The molecule has 9 nitrogen and oxygen atoms in total. The van der Waals surface area contributed by atoms with E-state index >= 15 is 0 Å². The summed E-state index contributed by atoms with van der Waals surface area (Å²) in [6.45, 7) is 2.10. The molecule has 4 aromatic rings. The van der Waals surface area contributed by atoms with Crippen molar-refractivity contribution in [3.05, 3.63) is 70.0 Å². The molecule has 2 heterocycles. The Balaban J connectivity index is 1.32. The highest BCUT2D eigenvalue weighted by Gasteiger charge is 2.16. The third kappa shape index (κ3) is 5.47.